The number of anilines is 2. The summed E-state index contributed by atoms with van der Waals surface area (Å²) in [6.07, 6.45) is 3.15. The number of urea groups is 1. The van der Waals surface area contributed by atoms with Gasteiger partial charge in [0.25, 0.3) is 0 Å². The van der Waals surface area contributed by atoms with E-state index in [1.807, 2.05) is 18.2 Å². The number of carbonyl (C=O) groups is 1. The molecule has 148 valence electrons. The minimum atomic E-state index is -0.706. The first kappa shape index (κ1) is 20.9. The molecule has 0 atom stereocenters. The Morgan fingerprint density at radius 1 is 1.25 bits per heavy atom. The van der Waals surface area contributed by atoms with Crippen LogP contribution in [0.2, 0.25) is 0 Å². The summed E-state index contributed by atoms with van der Waals surface area (Å²) in [5.74, 6) is 6.00. The normalized spacial score (nSPS) is 11.6. The van der Waals surface area contributed by atoms with Gasteiger partial charge in [-0.2, -0.15) is 5.90 Å². The zero-order valence-corrected chi connectivity index (χ0v) is 15.9. The highest BCUT2D eigenvalue weighted by Crippen LogP contribution is 2.26. The molecule has 0 aliphatic heterocycles. The number of allylic oxidation sites excluding steroid dienone is 1. The Bertz CT molecular complexity index is 858. The summed E-state index contributed by atoms with van der Waals surface area (Å²) >= 11 is 0. The van der Waals surface area contributed by atoms with Crippen molar-refractivity contribution >= 4 is 17.5 Å². The summed E-state index contributed by atoms with van der Waals surface area (Å²) in [7, 11) is 0. The van der Waals surface area contributed by atoms with E-state index < -0.39 is 11.4 Å². The molecule has 7 N–H and O–H groups in total. The van der Waals surface area contributed by atoms with Gasteiger partial charge in [-0.1, -0.05) is 32.6 Å². The Hall–Kier alpha value is -3.36. The van der Waals surface area contributed by atoms with Gasteiger partial charge in [-0.15, -0.1) is 0 Å². The average molecular weight is 383 g/mol. The molecule has 0 radical (unpaired) electrons. The van der Waals surface area contributed by atoms with Gasteiger partial charge in [-0.25, -0.2) is 9.78 Å². The predicted molar refractivity (Wildman–Crippen MR) is 110 cm³/mol. The molecule has 2 aromatic rings. The van der Waals surface area contributed by atoms with Crippen LogP contribution in [0.4, 0.5) is 16.3 Å². The average Bonchev–Trinajstić information content (AvgIpc) is 2.67. The standard InChI is InChI=1S/C20H25N5O3/c1-13(10-17(28-22)20(2,3)12-26)24-19(27)25-16-7-4-14(5-8-16)15-6-9-18(21)23-11-15/h4-11,26H,1,12,22H2,2-3H3,(H2,21,23)(H2,24,25,27)/b17-10-. The van der Waals surface area contributed by atoms with E-state index in [9.17, 15) is 9.90 Å². The van der Waals surface area contributed by atoms with E-state index in [2.05, 4.69) is 22.2 Å². The molecule has 2 amide bonds. The van der Waals surface area contributed by atoms with Crippen molar-refractivity contribution in [1.82, 2.24) is 10.3 Å². The molecule has 1 aromatic carbocycles. The van der Waals surface area contributed by atoms with Gasteiger partial charge >= 0.3 is 6.03 Å². The Morgan fingerprint density at radius 3 is 2.43 bits per heavy atom. The Labute approximate surface area is 163 Å². The van der Waals surface area contributed by atoms with Gasteiger partial charge < -0.3 is 26.3 Å². The fourth-order valence-electron chi connectivity index (χ4n) is 2.29. The van der Waals surface area contributed by atoms with Crippen LogP contribution in [-0.2, 0) is 4.84 Å². The second kappa shape index (κ2) is 9.03. The number of aliphatic hydroxyl groups is 1. The maximum Gasteiger partial charge on any atom is 0.323 e. The van der Waals surface area contributed by atoms with Gasteiger partial charge in [-0.05, 0) is 29.8 Å². The lowest BCUT2D eigenvalue weighted by atomic mass is 9.91. The molecule has 0 saturated heterocycles. The number of pyridine rings is 1. The van der Waals surface area contributed by atoms with E-state index >= 15 is 0 Å². The van der Waals surface area contributed by atoms with Crippen LogP contribution in [0, 0.1) is 5.41 Å². The Morgan fingerprint density at radius 2 is 1.89 bits per heavy atom. The highest BCUT2D eigenvalue weighted by Gasteiger charge is 2.24. The summed E-state index contributed by atoms with van der Waals surface area (Å²) in [6.45, 7) is 7.07. The van der Waals surface area contributed by atoms with E-state index in [1.54, 1.807) is 38.2 Å². The molecule has 1 aromatic heterocycles. The first-order chi connectivity index (χ1) is 13.2. The summed E-state index contributed by atoms with van der Waals surface area (Å²) in [6, 6.07) is 10.4. The van der Waals surface area contributed by atoms with Crippen LogP contribution in [-0.4, -0.2) is 22.7 Å². The molecular weight excluding hydrogens is 358 g/mol. The summed E-state index contributed by atoms with van der Waals surface area (Å²) in [5, 5.41) is 14.7. The van der Waals surface area contributed by atoms with Crippen LogP contribution in [0.1, 0.15) is 13.8 Å². The van der Waals surface area contributed by atoms with Crippen molar-refractivity contribution in [3.63, 3.8) is 0 Å². The predicted octanol–water partition coefficient (Wildman–Crippen LogP) is 2.76. The SMILES string of the molecule is C=C(/C=C(\ON)C(C)(C)CO)NC(=O)Nc1ccc(-c2ccc(N)nc2)cc1. The molecule has 0 bridgehead atoms. The van der Waals surface area contributed by atoms with Crippen molar-refractivity contribution in [2.24, 2.45) is 11.3 Å². The van der Waals surface area contributed by atoms with E-state index in [4.69, 9.17) is 16.5 Å². The molecule has 0 saturated carbocycles. The van der Waals surface area contributed by atoms with Gasteiger partial charge in [0, 0.05) is 34.6 Å². The molecule has 8 nitrogen and oxygen atoms in total. The maximum atomic E-state index is 12.1. The molecular formula is C20H25N5O3. The monoisotopic (exact) mass is 383 g/mol. The molecule has 0 unspecified atom stereocenters. The van der Waals surface area contributed by atoms with Crippen molar-refractivity contribution in [3.8, 4) is 11.1 Å². The van der Waals surface area contributed by atoms with Crippen molar-refractivity contribution in [2.45, 2.75) is 13.8 Å². The zero-order chi connectivity index (χ0) is 20.7. The van der Waals surface area contributed by atoms with Gasteiger partial charge in [0.15, 0.2) is 0 Å². The number of aliphatic hydroxyl groups excluding tert-OH is 1. The molecule has 2 rings (SSSR count). The minimum absolute atomic E-state index is 0.175. The summed E-state index contributed by atoms with van der Waals surface area (Å²) < 4.78 is 0. The highest BCUT2D eigenvalue weighted by molar-refractivity contribution is 5.90. The second-order valence-electron chi connectivity index (χ2n) is 6.82. The molecule has 28 heavy (non-hydrogen) atoms. The second-order valence-corrected chi connectivity index (χ2v) is 6.82. The van der Waals surface area contributed by atoms with Crippen LogP contribution in [0.3, 0.4) is 0 Å². The first-order valence-electron chi connectivity index (χ1n) is 8.54. The molecule has 0 fully saturated rings. The van der Waals surface area contributed by atoms with Gasteiger partial charge in [0.2, 0.25) is 0 Å². The maximum absolute atomic E-state index is 12.1. The number of hydrogen-bond donors (Lipinski definition) is 5. The van der Waals surface area contributed by atoms with Crippen LogP contribution < -0.4 is 22.3 Å². The summed E-state index contributed by atoms with van der Waals surface area (Å²) in [5.41, 5.74) is 7.62. The fraction of sp³-hybridized carbons (Fsp3) is 0.200. The molecule has 1 heterocycles. The number of nitrogens with two attached hydrogens (primary N) is 2. The number of benzene rings is 1. The van der Waals surface area contributed by atoms with E-state index in [-0.39, 0.29) is 12.3 Å². The van der Waals surface area contributed by atoms with E-state index in [0.29, 0.717) is 17.3 Å². The fourth-order valence-corrected chi connectivity index (χ4v) is 2.29. The van der Waals surface area contributed by atoms with Crippen LogP contribution in [0.15, 0.2) is 66.7 Å². The number of nitrogens with one attached hydrogen (secondary N) is 2. The number of amides is 2. The van der Waals surface area contributed by atoms with Gasteiger partial charge in [0.05, 0.1) is 6.61 Å². The number of carbonyl (C=O) groups excluding carboxylic acids is 1. The topological polar surface area (TPSA) is 136 Å². The molecule has 0 aliphatic rings. The van der Waals surface area contributed by atoms with Crippen molar-refractivity contribution in [2.75, 3.05) is 17.7 Å². The lowest BCUT2D eigenvalue weighted by Crippen LogP contribution is -2.29. The number of rotatable bonds is 7. The lowest BCUT2D eigenvalue weighted by Gasteiger charge is -2.23. The third kappa shape index (κ3) is 5.57. The van der Waals surface area contributed by atoms with Crippen molar-refractivity contribution < 1.29 is 14.7 Å². The number of nitrogen functional groups attached to an aromatic ring is 1. The Kier molecular flexibility index (Phi) is 6.75. The minimum Gasteiger partial charge on any atom is -0.415 e. The number of aromatic nitrogens is 1. The van der Waals surface area contributed by atoms with Crippen molar-refractivity contribution in [1.29, 1.82) is 0 Å². The molecule has 0 spiro atoms. The first-order valence-corrected chi connectivity index (χ1v) is 8.54. The smallest absolute Gasteiger partial charge is 0.323 e. The largest absolute Gasteiger partial charge is 0.415 e. The Balaban J connectivity index is 1.99. The highest BCUT2D eigenvalue weighted by atomic mass is 16.6. The van der Waals surface area contributed by atoms with Crippen LogP contribution >= 0.6 is 0 Å². The number of nitrogens with zero attached hydrogens (tertiary/aromatic N) is 1. The molecule has 0 aliphatic carbocycles. The van der Waals surface area contributed by atoms with E-state index in [0.717, 1.165) is 11.1 Å². The van der Waals surface area contributed by atoms with E-state index in [1.165, 1.54) is 6.08 Å². The lowest BCUT2D eigenvalue weighted by molar-refractivity contribution is 0.0951. The van der Waals surface area contributed by atoms with Crippen LogP contribution in [0.5, 0.6) is 0 Å². The van der Waals surface area contributed by atoms with Gasteiger partial charge in [-0.3, -0.25) is 0 Å². The summed E-state index contributed by atoms with van der Waals surface area (Å²) in [4.78, 5) is 21.0. The third-order valence-electron chi connectivity index (χ3n) is 4.03. The third-order valence-corrected chi connectivity index (χ3v) is 4.03. The van der Waals surface area contributed by atoms with Gasteiger partial charge in [0.1, 0.15) is 11.6 Å². The number of hydrogen-bond acceptors (Lipinski definition) is 6. The quantitative estimate of drug-likeness (QED) is 0.283. The zero-order valence-electron chi connectivity index (χ0n) is 15.9. The van der Waals surface area contributed by atoms with Crippen molar-refractivity contribution in [3.05, 3.63) is 66.7 Å². The van der Waals surface area contributed by atoms with Crippen LogP contribution in [0.25, 0.3) is 11.1 Å². The molecule has 8 heteroatoms.